The van der Waals surface area contributed by atoms with E-state index in [1.807, 2.05) is 22.8 Å². The Labute approximate surface area is 207 Å². The number of nitrogens with one attached hydrogen (secondary N) is 1. The molecule has 2 amide bonds. The summed E-state index contributed by atoms with van der Waals surface area (Å²) < 4.78 is 1.99. The maximum absolute atomic E-state index is 12.8. The number of aromatic nitrogens is 3. The van der Waals surface area contributed by atoms with Crippen molar-refractivity contribution in [2.75, 3.05) is 11.1 Å². The molecule has 1 aliphatic rings. The van der Waals surface area contributed by atoms with E-state index >= 15 is 0 Å². The van der Waals surface area contributed by atoms with Gasteiger partial charge in [-0.15, -0.1) is 28.1 Å². The molecule has 1 aromatic carbocycles. The average molecular weight is 496 g/mol. The average Bonchev–Trinajstić information content (AvgIpc) is 3.37. The van der Waals surface area contributed by atoms with E-state index < -0.39 is 5.91 Å². The monoisotopic (exact) mass is 495 g/mol. The van der Waals surface area contributed by atoms with Crippen molar-refractivity contribution in [1.29, 1.82) is 0 Å². The second kappa shape index (κ2) is 11.0. The van der Waals surface area contributed by atoms with Gasteiger partial charge in [-0.05, 0) is 42.7 Å². The second-order valence-electron chi connectivity index (χ2n) is 8.54. The molecule has 0 saturated heterocycles. The number of thioether (sulfide) groups is 1. The Morgan fingerprint density at radius 2 is 2.09 bits per heavy atom. The maximum Gasteiger partial charge on any atom is 0.251 e. The van der Waals surface area contributed by atoms with Gasteiger partial charge < -0.3 is 15.6 Å². The van der Waals surface area contributed by atoms with Crippen molar-refractivity contribution in [1.82, 2.24) is 14.8 Å². The molecule has 1 atom stereocenters. The summed E-state index contributed by atoms with van der Waals surface area (Å²) in [6.45, 7) is 6.62. The van der Waals surface area contributed by atoms with Gasteiger partial charge in [-0.25, -0.2) is 0 Å². The Kier molecular flexibility index (Phi) is 7.84. The van der Waals surface area contributed by atoms with E-state index in [1.165, 1.54) is 28.7 Å². The minimum absolute atomic E-state index is 0.158. The van der Waals surface area contributed by atoms with Crippen molar-refractivity contribution >= 4 is 39.9 Å². The smallest absolute Gasteiger partial charge is 0.251 e. The molecule has 2 aromatic heterocycles. The predicted octanol–water partition coefficient (Wildman–Crippen LogP) is 4.27. The lowest BCUT2D eigenvalue weighted by Crippen LogP contribution is -2.20. The van der Waals surface area contributed by atoms with Crippen LogP contribution in [0.5, 0.6) is 0 Å². The van der Waals surface area contributed by atoms with E-state index in [-0.39, 0.29) is 11.7 Å². The summed E-state index contributed by atoms with van der Waals surface area (Å²) in [5.41, 5.74) is 8.39. The van der Waals surface area contributed by atoms with Crippen molar-refractivity contribution in [2.24, 2.45) is 11.7 Å². The molecule has 2 heterocycles. The van der Waals surface area contributed by atoms with Crippen LogP contribution in [0.3, 0.4) is 0 Å². The van der Waals surface area contributed by atoms with Crippen LogP contribution in [0.15, 0.2) is 48.1 Å². The summed E-state index contributed by atoms with van der Waals surface area (Å²) in [6, 6.07) is 10.2. The minimum Gasteiger partial charge on any atom is -0.365 e. The van der Waals surface area contributed by atoms with Crippen molar-refractivity contribution in [3.63, 3.8) is 0 Å². The summed E-state index contributed by atoms with van der Waals surface area (Å²) >= 11 is 2.80. The Morgan fingerprint density at radius 1 is 1.29 bits per heavy atom. The lowest BCUT2D eigenvalue weighted by Gasteiger charge is -2.18. The number of thiophene rings is 1. The van der Waals surface area contributed by atoms with Gasteiger partial charge in [-0.1, -0.05) is 55.1 Å². The van der Waals surface area contributed by atoms with Crippen molar-refractivity contribution in [3.05, 3.63) is 70.4 Å². The van der Waals surface area contributed by atoms with Gasteiger partial charge in [0.05, 0.1) is 11.3 Å². The molecule has 0 radical (unpaired) electrons. The fourth-order valence-corrected chi connectivity index (χ4v) is 6.42. The summed E-state index contributed by atoms with van der Waals surface area (Å²) in [4.78, 5) is 26.0. The van der Waals surface area contributed by atoms with Crippen molar-refractivity contribution < 1.29 is 9.59 Å². The highest BCUT2D eigenvalue weighted by Crippen LogP contribution is 2.39. The molecule has 3 N–H and O–H groups in total. The first-order chi connectivity index (χ1) is 16.5. The molecule has 1 unspecified atom stereocenters. The van der Waals surface area contributed by atoms with E-state index in [1.54, 1.807) is 6.08 Å². The fourth-order valence-electron chi connectivity index (χ4n) is 4.22. The zero-order valence-electron chi connectivity index (χ0n) is 19.3. The summed E-state index contributed by atoms with van der Waals surface area (Å²) in [7, 11) is 0. The van der Waals surface area contributed by atoms with E-state index in [9.17, 15) is 9.59 Å². The maximum atomic E-state index is 12.8. The summed E-state index contributed by atoms with van der Waals surface area (Å²) in [5, 5.41) is 12.8. The standard InChI is InChI=1S/C25H29N5O2S2/c1-3-13-30-20(12-10-17-7-5-4-6-8-17)28-29-25(30)33-15-21(31)27-24-22(23(26)32)18-11-9-16(2)14-19(18)34-24/h3-8,16H,1,9-15H2,2H3,(H2,26,32)(H,27,31). The lowest BCUT2D eigenvalue weighted by atomic mass is 9.88. The Balaban J connectivity index is 1.42. The molecule has 7 nitrogen and oxygen atoms in total. The number of anilines is 1. The topological polar surface area (TPSA) is 103 Å². The number of carbonyl (C=O) groups is 2. The number of rotatable bonds is 10. The third kappa shape index (κ3) is 5.59. The zero-order valence-corrected chi connectivity index (χ0v) is 20.9. The first-order valence-electron chi connectivity index (χ1n) is 11.4. The minimum atomic E-state index is -0.483. The van der Waals surface area contributed by atoms with Gasteiger partial charge in [-0.2, -0.15) is 0 Å². The number of allylic oxidation sites excluding steroid dienone is 1. The summed E-state index contributed by atoms with van der Waals surface area (Å²) in [5.74, 6) is 0.911. The molecule has 4 rings (SSSR count). The number of fused-ring (bicyclic) bond motifs is 1. The van der Waals surface area contributed by atoms with Gasteiger partial charge in [0, 0.05) is 17.8 Å². The molecule has 3 aromatic rings. The van der Waals surface area contributed by atoms with E-state index in [0.717, 1.165) is 48.4 Å². The molecule has 34 heavy (non-hydrogen) atoms. The quantitative estimate of drug-likeness (QED) is 0.323. The number of hydrogen-bond donors (Lipinski definition) is 2. The number of nitrogens with zero attached hydrogens (tertiary/aromatic N) is 3. The number of aryl methyl sites for hydroxylation is 2. The van der Waals surface area contributed by atoms with Crippen LogP contribution in [0.1, 0.15) is 45.5 Å². The Bertz CT molecular complexity index is 1190. The van der Waals surface area contributed by atoms with Crippen LogP contribution in [0.25, 0.3) is 0 Å². The highest BCUT2D eigenvalue weighted by atomic mass is 32.2. The van der Waals surface area contributed by atoms with Gasteiger partial charge in [0.15, 0.2) is 5.16 Å². The first-order valence-corrected chi connectivity index (χ1v) is 13.2. The SMILES string of the molecule is C=CCn1c(CCc2ccccc2)nnc1SCC(=O)Nc1sc2c(c1C(N)=O)CCC(C)C2. The summed E-state index contributed by atoms with van der Waals surface area (Å²) in [6.07, 6.45) is 6.18. The van der Waals surface area contributed by atoms with E-state index in [2.05, 4.69) is 41.1 Å². The van der Waals surface area contributed by atoms with Crippen molar-refractivity contribution in [3.8, 4) is 0 Å². The number of amides is 2. The zero-order chi connectivity index (χ0) is 24.1. The van der Waals surface area contributed by atoms with Crippen LogP contribution in [-0.2, 0) is 37.0 Å². The molecule has 1 aliphatic carbocycles. The molecule has 0 aliphatic heterocycles. The number of hydrogen-bond acceptors (Lipinski definition) is 6. The lowest BCUT2D eigenvalue weighted by molar-refractivity contribution is -0.113. The van der Waals surface area contributed by atoms with Crippen molar-refractivity contribution in [2.45, 2.75) is 50.7 Å². The molecule has 0 saturated carbocycles. The Hall–Kier alpha value is -2.91. The number of benzene rings is 1. The fraction of sp³-hybridized carbons (Fsp3) is 0.360. The molecular formula is C25H29N5O2S2. The van der Waals surface area contributed by atoms with Crippen LogP contribution < -0.4 is 11.1 Å². The highest BCUT2D eigenvalue weighted by Gasteiger charge is 2.27. The molecular weight excluding hydrogens is 466 g/mol. The Morgan fingerprint density at radius 3 is 2.82 bits per heavy atom. The highest BCUT2D eigenvalue weighted by molar-refractivity contribution is 7.99. The molecule has 9 heteroatoms. The normalized spacial score (nSPS) is 15.0. The molecule has 0 spiro atoms. The molecule has 0 fully saturated rings. The molecule has 178 valence electrons. The van der Waals surface area contributed by atoms with Crippen LogP contribution >= 0.6 is 23.1 Å². The predicted molar refractivity (Wildman–Crippen MR) is 137 cm³/mol. The first kappa shape index (κ1) is 24.2. The third-order valence-corrected chi connectivity index (χ3v) is 8.07. The van der Waals surface area contributed by atoms with Gasteiger partial charge in [0.1, 0.15) is 10.8 Å². The number of primary amides is 1. The van der Waals surface area contributed by atoms with Gasteiger partial charge in [0.2, 0.25) is 5.91 Å². The van der Waals surface area contributed by atoms with Crippen LogP contribution in [0, 0.1) is 5.92 Å². The van der Waals surface area contributed by atoms with E-state index in [0.29, 0.717) is 28.2 Å². The molecule has 0 bridgehead atoms. The van der Waals surface area contributed by atoms with Crippen LogP contribution in [0.4, 0.5) is 5.00 Å². The number of nitrogens with two attached hydrogens (primary N) is 1. The number of carbonyl (C=O) groups excluding carboxylic acids is 2. The third-order valence-electron chi connectivity index (χ3n) is 5.93. The largest absolute Gasteiger partial charge is 0.365 e. The van der Waals surface area contributed by atoms with Crippen LogP contribution in [0.2, 0.25) is 0 Å². The van der Waals surface area contributed by atoms with Crippen LogP contribution in [-0.4, -0.2) is 32.3 Å². The van der Waals surface area contributed by atoms with Gasteiger partial charge in [-0.3, -0.25) is 9.59 Å². The van der Waals surface area contributed by atoms with Gasteiger partial charge in [0.25, 0.3) is 5.91 Å². The second-order valence-corrected chi connectivity index (χ2v) is 10.6. The van der Waals surface area contributed by atoms with E-state index in [4.69, 9.17) is 5.73 Å². The van der Waals surface area contributed by atoms with Gasteiger partial charge >= 0.3 is 0 Å².